The third-order valence-corrected chi connectivity index (χ3v) is 4.55. The number of nitrogens with zero attached hydrogens (tertiary/aromatic N) is 4. The summed E-state index contributed by atoms with van der Waals surface area (Å²) in [6, 6.07) is 0.591. The number of carboxylic acids is 1. The monoisotopic (exact) mass is 290 g/mol. The predicted molar refractivity (Wildman–Crippen MR) is 79.8 cm³/mol. The van der Waals surface area contributed by atoms with Crippen molar-refractivity contribution in [2.24, 2.45) is 0 Å². The van der Waals surface area contributed by atoms with Crippen molar-refractivity contribution < 1.29 is 9.90 Å². The van der Waals surface area contributed by atoms with Gasteiger partial charge in [0.1, 0.15) is 0 Å². The Morgan fingerprint density at radius 3 is 2.71 bits per heavy atom. The Bertz CT molecular complexity index is 528. The molecular formula is C15H22N4O2. The molecule has 6 nitrogen and oxygen atoms in total. The number of aryl methyl sites for hydroxylation is 1. The minimum Gasteiger partial charge on any atom is -0.478 e. The zero-order valence-corrected chi connectivity index (χ0v) is 12.5. The number of carboxylic acid groups (broad SMARTS) is 1. The van der Waals surface area contributed by atoms with E-state index in [-0.39, 0.29) is 5.56 Å². The lowest BCUT2D eigenvalue weighted by molar-refractivity contribution is 0.0695. The maximum atomic E-state index is 11.0. The molecule has 0 radical (unpaired) electrons. The number of anilines is 1. The fraction of sp³-hybridized carbons (Fsp3) is 0.667. The highest BCUT2D eigenvalue weighted by atomic mass is 16.4. The fourth-order valence-electron chi connectivity index (χ4n) is 3.32. The van der Waals surface area contributed by atoms with Crippen LogP contribution in [0.4, 0.5) is 5.95 Å². The number of rotatable bonds is 3. The molecule has 1 N–H and O–H groups in total. The van der Waals surface area contributed by atoms with E-state index in [1.165, 1.54) is 38.5 Å². The number of piperidine rings is 1. The van der Waals surface area contributed by atoms with Crippen molar-refractivity contribution in [1.29, 1.82) is 0 Å². The van der Waals surface area contributed by atoms with Crippen LogP contribution in [-0.4, -0.2) is 58.2 Å². The van der Waals surface area contributed by atoms with Gasteiger partial charge < -0.3 is 10.0 Å². The molecule has 1 atom stereocenters. The smallest absolute Gasteiger partial charge is 0.339 e. The molecule has 1 unspecified atom stereocenters. The van der Waals surface area contributed by atoms with Crippen LogP contribution in [-0.2, 0) is 0 Å². The average molecular weight is 290 g/mol. The molecule has 2 aliphatic heterocycles. The highest BCUT2D eigenvalue weighted by Gasteiger charge is 2.30. The van der Waals surface area contributed by atoms with Crippen LogP contribution in [0.25, 0.3) is 0 Å². The predicted octanol–water partition coefficient (Wildman–Crippen LogP) is 1.55. The zero-order chi connectivity index (χ0) is 14.8. The molecule has 0 amide bonds. The highest BCUT2D eigenvalue weighted by molar-refractivity contribution is 5.88. The molecule has 2 fully saturated rings. The van der Waals surface area contributed by atoms with Crippen LogP contribution >= 0.6 is 0 Å². The first-order valence-corrected chi connectivity index (χ1v) is 7.71. The molecule has 21 heavy (non-hydrogen) atoms. The molecule has 3 heterocycles. The Morgan fingerprint density at radius 2 is 2.05 bits per heavy atom. The Morgan fingerprint density at radius 1 is 1.29 bits per heavy atom. The zero-order valence-electron chi connectivity index (χ0n) is 12.5. The Kier molecular flexibility index (Phi) is 4.05. The quantitative estimate of drug-likeness (QED) is 0.911. The number of aromatic carboxylic acids is 1. The van der Waals surface area contributed by atoms with Gasteiger partial charge in [-0.3, -0.25) is 4.90 Å². The van der Waals surface area contributed by atoms with E-state index in [0.29, 0.717) is 17.7 Å². The summed E-state index contributed by atoms with van der Waals surface area (Å²) >= 11 is 0. The number of hydrogen-bond acceptors (Lipinski definition) is 5. The summed E-state index contributed by atoms with van der Waals surface area (Å²) in [4.78, 5) is 24.4. The number of carbonyl (C=O) groups is 1. The molecule has 1 aromatic rings. The number of hydrogen-bond donors (Lipinski definition) is 1. The third kappa shape index (κ3) is 3.00. The normalized spacial score (nSPS) is 23.5. The molecule has 2 saturated heterocycles. The van der Waals surface area contributed by atoms with Crippen molar-refractivity contribution in [2.45, 2.75) is 38.6 Å². The van der Waals surface area contributed by atoms with Crippen molar-refractivity contribution in [3.8, 4) is 0 Å². The maximum Gasteiger partial charge on any atom is 0.339 e. The standard InChI is InChI=1S/C15H22N4O2/c1-11-13(14(20)21)9-16-15(17-11)19-8-5-12(10-19)18-6-3-2-4-7-18/h9,12H,2-8,10H2,1H3,(H,20,21). The second-order valence-corrected chi connectivity index (χ2v) is 5.96. The van der Waals surface area contributed by atoms with Crippen LogP contribution in [0.2, 0.25) is 0 Å². The van der Waals surface area contributed by atoms with Gasteiger partial charge in [0.05, 0.1) is 11.3 Å². The molecule has 2 aliphatic rings. The van der Waals surface area contributed by atoms with Gasteiger partial charge in [-0.05, 0) is 39.3 Å². The van der Waals surface area contributed by atoms with Crippen molar-refractivity contribution in [2.75, 3.05) is 31.1 Å². The molecule has 0 saturated carbocycles. The SMILES string of the molecule is Cc1nc(N2CCC(N3CCCCC3)C2)ncc1C(=O)O. The molecule has 0 aliphatic carbocycles. The lowest BCUT2D eigenvalue weighted by Crippen LogP contribution is -2.41. The van der Waals surface area contributed by atoms with Gasteiger partial charge in [0.15, 0.2) is 0 Å². The largest absolute Gasteiger partial charge is 0.478 e. The highest BCUT2D eigenvalue weighted by Crippen LogP contribution is 2.23. The minimum atomic E-state index is -0.966. The van der Waals surface area contributed by atoms with E-state index in [4.69, 9.17) is 5.11 Å². The van der Waals surface area contributed by atoms with Gasteiger partial charge in [-0.15, -0.1) is 0 Å². The van der Waals surface area contributed by atoms with E-state index in [1.807, 2.05) is 0 Å². The first-order valence-electron chi connectivity index (χ1n) is 7.71. The van der Waals surface area contributed by atoms with Crippen LogP contribution in [0, 0.1) is 6.92 Å². The Hall–Kier alpha value is -1.69. The minimum absolute atomic E-state index is 0.186. The second-order valence-electron chi connectivity index (χ2n) is 5.96. The second kappa shape index (κ2) is 5.97. The van der Waals surface area contributed by atoms with Crippen molar-refractivity contribution in [3.05, 3.63) is 17.5 Å². The fourth-order valence-corrected chi connectivity index (χ4v) is 3.32. The number of likely N-dealkylation sites (tertiary alicyclic amines) is 1. The molecule has 6 heteroatoms. The summed E-state index contributed by atoms with van der Waals surface area (Å²) in [6.07, 6.45) is 6.53. The molecule has 114 valence electrons. The van der Waals surface area contributed by atoms with Gasteiger partial charge in [0.25, 0.3) is 0 Å². The van der Waals surface area contributed by atoms with Crippen LogP contribution in [0.5, 0.6) is 0 Å². The van der Waals surface area contributed by atoms with Crippen LogP contribution < -0.4 is 4.90 Å². The molecular weight excluding hydrogens is 268 g/mol. The summed E-state index contributed by atoms with van der Waals surface area (Å²) in [5.74, 6) is -0.302. The van der Waals surface area contributed by atoms with Crippen LogP contribution in [0.1, 0.15) is 41.7 Å². The third-order valence-electron chi connectivity index (χ3n) is 4.55. The maximum absolute atomic E-state index is 11.0. The lowest BCUT2D eigenvalue weighted by Gasteiger charge is -2.32. The van der Waals surface area contributed by atoms with Gasteiger partial charge in [0, 0.05) is 25.3 Å². The molecule has 1 aromatic heterocycles. The van der Waals surface area contributed by atoms with Crippen molar-refractivity contribution in [1.82, 2.24) is 14.9 Å². The summed E-state index contributed by atoms with van der Waals surface area (Å²) in [6.45, 7) is 6.04. The average Bonchev–Trinajstić information content (AvgIpc) is 2.97. The van der Waals surface area contributed by atoms with E-state index in [9.17, 15) is 4.79 Å². The van der Waals surface area contributed by atoms with E-state index in [2.05, 4.69) is 19.8 Å². The first kappa shape index (κ1) is 14.3. The Labute approximate surface area is 124 Å². The molecule has 0 aromatic carbocycles. The van der Waals surface area contributed by atoms with Gasteiger partial charge in [-0.25, -0.2) is 14.8 Å². The number of aromatic nitrogens is 2. The summed E-state index contributed by atoms with van der Waals surface area (Å²) in [7, 11) is 0. The topological polar surface area (TPSA) is 69.6 Å². The van der Waals surface area contributed by atoms with E-state index < -0.39 is 5.97 Å². The van der Waals surface area contributed by atoms with E-state index in [0.717, 1.165) is 19.5 Å². The first-order chi connectivity index (χ1) is 10.1. The van der Waals surface area contributed by atoms with Crippen molar-refractivity contribution in [3.63, 3.8) is 0 Å². The van der Waals surface area contributed by atoms with Gasteiger partial charge in [-0.2, -0.15) is 0 Å². The van der Waals surface area contributed by atoms with Crippen LogP contribution in [0.15, 0.2) is 6.20 Å². The molecule has 0 spiro atoms. The van der Waals surface area contributed by atoms with Crippen molar-refractivity contribution >= 4 is 11.9 Å². The summed E-state index contributed by atoms with van der Waals surface area (Å²) in [5.41, 5.74) is 0.722. The molecule has 3 rings (SSSR count). The Balaban J connectivity index is 1.68. The van der Waals surface area contributed by atoms with Crippen LogP contribution in [0.3, 0.4) is 0 Å². The van der Waals surface area contributed by atoms with E-state index >= 15 is 0 Å². The van der Waals surface area contributed by atoms with Gasteiger partial charge in [0.2, 0.25) is 5.95 Å². The lowest BCUT2D eigenvalue weighted by atomic mass is 10.1. The van der Waals surface area contributed by atoms with E-state index in [1.54, 1.807) is 6.92 Å². The summed E-state index contributed by atoms with van der Waals surface area (Å²) in [5, 5.41) is 9.03. The molecule has 0 bridgehead atoms. The van der Waals surface area contributed by atoms with Gasteiger partial charge in [-0.1, -0.05) is 6.42 Å². The summed E-state index contributed by atoms with van der Waals surface area (Å²) < 4.78 is 0. The van der Waals surface area contributed by atoms with Gasteiger partial charge >= 0.3 is 5.97 Å².